The van der Waals surface area contributed by atoms with Crippen LogP contribution in [-0.4, -0.2) is 37.2 Å². The molecule has 0 heterocycles. The van der Waals surface area contributed by atoms with Crippen LogP contribution in [0.2, 0.25) is 0 Å². The largest absolute Gasteiger partial charge is 0.462 e. The third kappa shape index (κ3) is 57.3. The van der Waals surface area contributed by atoms with E-state index in [-0.39, 0.29) is 31.1 Å². The molecular formula is C64H124O6. The lowest BCUT2D eigenvalue weighted by molar-refractivity contribution is -0.167. The van der Waals surface area contributed by atoms with E-state index in [1.165, 1.54) is 250 Å². The minimum absolute atomic E-state index is 0.0620. The molecule has 0 amide bonds. The fourth-order valence-electron chi connectivity index (χ4n) is 9.93. The van der Waals surface area contributed by atoms with Gasteiger partial charge in [-0.05, 0) is 31.1 Å². The van der Waals surface area contributed by atoms with E-state index in [2.05, 4.69) is 34.6 Å². The monoisotopic (exact) mass is 989 g/mol. The van der Waals surface area contributed by atoms with Gasteiger partial charge in [0.2, 0.25) is 0 Å². The summed E-state index contributed by atoms with van der Waals surface area (Å²) in [6.45, 7) is 11.4. The topological polar surface area (TPSA) is 78.9 Å². The van der Waals surface area contributed by atoms with E-state index in [0.717, 1.165) is 69.6 Å². The molecule has 0 unspecified atom stereocenters. The summed E-state index contributed by atoms with van der Waals surface area (Å²) in [4.78, 5) is 38.3. The Balaban J connectivity index is 4.27. The van der Waals surface area contributed by atoms with Gasteiger partial charge < -0.3 is 14.2 Å². The predicted molar refractivity (Wildman–Crippen MR) is 303 cm³/mol. The molecule has 0 rings (SSSR count). The first-order chi connectivity index (χ1) is 34.2. The van der Waals surface area contributed by atoms with E-state index in [1.807, 2.05) is 0 Å². The number of ether oxygens (including phenoxy) is 3. The molecule has 0 aliphatic rings. The number of carbonyl (C=O) groups excluding carboxylic acids is 3. The maximum Gasteiger partial charge on any atom is 0.306 e. The van der Waals surface area contributed by atoms with Crippen molar-refractivity contribution < 1.29 is 28.6 Å². The molecule has 0 saturated carbocycles. The van der Waals surface area contributed by atoms with Crippen molar-refractivity contribution in [3.05, 3.63) is 0 Å². The van der Waals surface area contributed by atoms with Crippen LogP contribution in [0.15, 0.2) is 0 Å². The van der Waals surface area contributed by atoms with Crippen molar-refractivity contribution in [3.8, 4) is 0 Å². The molecule has 0 aliphatic carbocycles. The van der Waals surface area contributed by atoms with Gasteiger partial charge in [-0.3, -0.25) is 14.4 Å². The minimum Gasteiger partial charge on any atom is -0.462 e. The molecule has 0 fully saturated rings. The number of unbranched alkanes of at least 4 members (excludes halogenated alkanes) is 43. The molecule has 0 bridgehead atoms. The molecule has 0 aromatic rings. The highest BCUT2D eigenvalue weighted by Crippen LogP contribution is 2.19. The molecule has 0 radical (unpaired) electrons. The van der Waals surface area contributed by atoms with Gasteiger partial charge in [0.05, 0.1) is 0 Å². The number of hydrogen-bond acceptors (Lipinski definition) is 6. The zero-order chi connectivity index (χ0) is 51.1. The molecule has 6 heteroatoms. The molecule has 70 heavy (non-hydrogen) atoms. The Kier molecular flexibility index (Phi) is 55.4. The minimum atomic E-state index is -0.764. The number of esters is 3. The molecule has 1 atom stereocenters. The van der Waals surface area contributed by atoms with Gasteiger partial charge in [0, 0.05) is 19.3 Å². The summed E-state index contributed by atoms with van der Waals surface area (Å²) >= 11 is 0. The average Bonchev–Trinajstić information content (AvgIpc) is 3.33. The van der Waals surface area contributed by atoms with Crippen molar-refractivity contribution in [2.24, 2.45) is 11.8 Å². The van der Waals surface area contributed by atoms with Crippen molar-refractivity contribution >= 4 is 17.9 Å². The van der Waals surface area contributed by atoms with Gasteiger partial charge in [-0.1, -0.05) is 324 Å². The summed E-state index contributed by atoms with van der Waals surface area (Å²) in [5.41, 5.74) is 0. The molecule has 0 saturated heterocycles. The van der Waals surface area contributed by atoms with E-state index in [1.54, 1.807) is 0 Å². The van der Waals surface area contributed by atoms with Crippen molar-refractivity contribution in [2.45, 2.75) is 368 Å². The van der Waals surface area contributed by atoms with Gasteiger partial charge in [-0.2, -0.15) is 0 Å². The highest BCUT2D eigenvalue weighted by atomic mass is 16.6. The first kappa shape index (κ1) is 68.4. The van der Waals surface area contributed by atoms with Crippen LogP contribution in [0.4, 0.5) is 0 Å². The lowest BCUT2D eigenvalue weighted by atomic mass is 10.0. The molecule has 0 aliphatic heterocycles. The van der Waals surface area contributed by atoms with Crippen molar-refractivity contribution in [2.75, 3.05) is 13.2 Å². The van der Waals surface area contributed by atoms with Crippen molar-refractivity contribution in [3.63, 3.8) is 0 Å². The quantitative estimate of drug-likeness (QED) is 0.0343. The highest BCUT2D eigenvalue weighted by Gasteiger charge is 2.19. The van der Waals surface area contributed by atoms with Gasteiger partial charge in [0.25, 0.3) is 0 Å². The molecule has 6 nitrogen and oxygen atoms in total. The van der Waals surface area contributed by atoms with Crippen LogP contribution in [-0.2, 0) is 28.6 Å². The van der Waals surface area contributed by atoms with Crippen molar-refractivity contribution in [1.82, 2.24) is 0 Å². The van der Waals surface area contributed by atoms with Gasteiger partial charge in [-0.15, -0.1) is 0 Å². The molecule has 416 valence electrons. The SMILES string of the molecule is CCCCCCCCCCCCCCCCCCCCCC(=O)OC[C@H](COC(=O)CCCCCCCCCCCCCCCCCC(C)C)OC(=O)CCCCCCCCCCCCCCC(C)C. The van der Waals surface area contributed by atoms with Crippen LogP contribution in [0.5, 0.6) is 0 Å². The van der Waals surface area contributed by atoms with Crippen LogP contribution in [0.25, 0.3) is 0 Å². The second kappa shape index (κ2) is 56.7. The van der Waals surface area contributed by atoms with Crippen LogP contribution in [0.3, 0.4) is 0 Å². The number of rotatable bonds is 58. The van der Waals surface area contributed by atoms with E-state index in [0.29, 0.717) is 19.3 Å². The number of carbonyl (C=O) groups is 3. The van der Waals surface area contributed by atoms with Crippen LogP contribution < -0.4 is 0 Å². The first-order valence-electron chi connectivity index (χ1n) is 31.7. The summed E-state index contributed by atoms with van der Waals surface area (Å²) < 4.78 is 17.0. The Morgan fingerprint density at radius 3 is 0.700 bits per heavy atom. The van der Waals surface area contributed by atoms with E-state index < -0.39 is 6.10 Å². The molecule has 0 aromatic carbocycles. The Labute approximate surface area is 438 Å². The molecule has 0 aromatic heterocycles. The Bertz CT molecular complexity index is 1070. The smallest absolute Gasteiger partial charge is 0.306 e. The predicted octanol–water partition coefficient (Wildman–Crippen LogP) is 21.2. The summed E-state index contributed by atoms with van der Waals surface area (Å²) in [7, 11) is 0. The van der Waals surface area contributed by atoms with E-state index in [4.69, 9.17) is 14.2 Å². The normalized spacial score (nSPS) is 12.0. The van der Waals surface area contributed by atoms with Gasteiger partial charge in [0.15, 0.2) is 6.10 Å². The second-order valence-electron chi connectivity index (χ2n) is 23.0. The zero-order valence-electron chi connectivity index (χ0n) is 48.2. The summed E-state index contributed by atoms with van der Waals surface area (Å²) in [6.07, 6.45) is 62.5. The lowest BCUT2D eigenvalue weighted by Crippen LogP contribution is -2.30. The van der Waals surface area contributed by atoms with E-state index >= 15 is 0 Å². The Morgan fingerprint density at radius 2 is 0.471 bits per heavy atom. The average molecular weight is 990 g/mol. The van der Waals surface area contributed by atoms with Crippen molar-refractivity contribution in [1.29, 1.82) is 0 Å². The molecule has 0 N–H and O–H groups in total. The maximum atomic E-state index is 12.9. The third-order valence-electron chi connectivity index (χ3n) is 14.7. The molecule has 0 spiro atoms. The number of hydrogen-bond donors (Lipinski definition) is 0. The summed E-state index contributed by atoms with van der Waals surface area (Å²) in [5.74, 6) is 0.849. The highest BCUT2D eigenvalue weighted by molar-refractivity contribution is 5.71. The standard InChI is InChI=1S/C64H124O6/c1-6-7-8-9-10-11-12-13-14-15-16-17-20-23-29-34-39-44-49-54-62(65)68-57-61(70-64(67)56-51-46-41-36-31-26-25-28-33-38-43-48-53-60(4)5)58-69-63(66)55-50-45-40-35-30-24-21-18-19-22-27-32-37-42-47-52-59(2)3/h59-61H,6-58H2,1-5H3/t61-/m1/s1. The van der Waals surface area contributed by atoms with Crippen LogP contribution in [0, 0.1) is 11.8 Å². The maximum absolute atomic E-state index is 12.9. The Hall–Kier alpha value is -1.59. The molecular weight excluding hydrogens is 865 g/mol. The van der Waals surface area contributed by atoms with Gasteiger partial charge in [-0.25, -0.2) is 0 Å². The second-order valence-corrected chi connectivity index (χ2v) is 23.0. The van der Waals surface area contributed by atoms with Gasteiger partial charge >= 0.3 is 17.9 Å². The third-order valence-corrected chi connectivity index (χ3v) is 14.7. The van der Waals surface area contributed by atoms with E-state index in [9.17, 15) is 14.4 Å². The van der Waals surface area contributed by atoms with Gasteiger partial charge in [0.1, 0.15) is 13.2 Å². The summed E-state index contributed by atoms with van der Waals surface area (Å²) in [5, 5.41) is 0. The summed E-state index contributed by atoms with van der Waals surface area (Å²) in [6, 6.07) is 0. The fourth-order valence-corrected chi connectivity index (χ4v) is 9.93. The van der Waals surface area contributed by atoms with Crippen LogP contribution >= 0.6 is 0 Å². The zero-order valence-corrected chi connectivity index (χ0v) is 48.2. The first-order valence-corrected chi connectivity index (χ1v) is 31.7. The Morgan fingerprint density at radius 1 is 0.271 bits per heavy atom. The fraction of sp³-hybridized carbons (Fsp3) is 0.953. The lowest BCUT2D eigenvalue weighted by Gasteiger charge is -2.18. The van der Waals surface area contributed by atoms with Crippen LogP contribution in [0.1, 0.15) is 362 Å².